The minimum atomic E-state index is -0.531. The van der Waals surface area contributed by atoms with E-state index in [0.717, 1.165) is 24.2 Å². The summed E-state index contributed by atoms with van der Waals surface area (Å²) in [7, 11) is 0. The van der Waals surface area contributed by atoms with Gasteiger partial charge in [-0.25, -0.2) is 4.98 Å². The quantitative estimate of drug-likeness (QED) is 0.399. The Bertz CT molecular complexity index is 1200. The first-order valence-electron chi connectivity index (χ1n) is 9.39. The predicted octanol–water partition coefficient (Wildman–Crippen LogP) is 4.76. The Hall–Kier alpha value is -3.86. The number of nitro groups is 2. The molecule has 31 heavy (non-hydrogen) atoms. The molecular formula is C20H17N5O5S. The van der Waals surface area contributed by atoms with Gasteiger partial charge in [0.2, 0.25) is 0 Å². The van der Waals surface area contributed by atoms with E-state index in [1.165, 1.54) is 24.3 Å². The second kappa shape index (κ2) is 8.11. The molecule has 1 fully saturated rings. The number of hydrogen-bond acceptors (Lipinski definition) is 8. The Labute approximate surface area is 180 Å². The Balaban J connectivity index is 1.53. The van der Waals surface area contributed by atoms with Gasteiger partial charge in [0, 0.05) is 40.2 Å². The summed E-state index contributed by atoms with van der Waals surface area (Å²) in [5, 5.41) is 30.2. The van der Waals surface area contributed by atoms with Crippen LogP contribution in [0.3, 0.4) is 0 Å². The van der Waals surface area contributed by atoms with Gasteiger partial charge in [-0.2, -0.15) is 0 Å². The van der Waals surface area contributed by atoms with Crippen LogP contribution < -0.4 is 10.6 Å². The SMILES string of the molecule is Cc1ccc(-c2csc(NC(=O)c3ccc(NC4CC4)c([N+](=O)[O-])c3)n2)cc1[N+](=O)[O-]. The fraction of sp³-hybridized carbons (Fsp3) is 0.200. The molecule has 1 amide bonds. The summed E-state index contributed by atoms with van der Waals surface area (Å²) in [6.07, 6.45) is 1.94. The first-order chi connectivity index (χ1) is 14.8. The van der Waals surface area contributed by atoms with Gasteiger partial charge in [-0.1, -0.05) is 12.1 Å². The number of thiazole rings is 1. The Morgan fingerprint density at radius 2 is 1.84 bits per heavy atom. The summed E-state index contributed by atoms with van der Waals surface area (Å²) in [5.41, 5.74) is 1.93. The number of aromatic nitrogens is 1. The first kappa shape index (κ1) is 20.4. The largest absolute Gasteiger partial charge is 0.377 e. The highest BCUT2D eigenvalue weighted by atomic mass is 32.1. The molecule has 0 bridgehead atoms. The normalized spacial score (nSPS) is 12.9. The van der Waals surface area contributed by atoms with Crippen molar-refractivity contribution in [1.82, 2.24) is 4.98 Å². The van der Waals surface area contributed by atoms with Crippen molar-refractivity contribution in [3.8, 4) is 11.3 Å². The summed E-state index contributed by atoms with van der Waals surface area (Å²) >= 11 is 1.16. The van der Waals surface area contributed by atoms with Crippen LogP contribution in [0.2, 0.25) is 0 Å². The van der Waals surface area contributed by atoms with E-state index in [9.17, 15) is 25.0 Å². The summed E-state index contributed by atoms with van der Waals surface area (Å²) in [6.45, 7) is 1.65. The second-order valence-electron chi connectivity index (χ2n) is 7.16. The third kappa shape index (κ3) is 4.51. The molecule has 1 saturated carbocycles. The Morgan fingerprint density at radius 1 is 1.10 bits per heavy atom. The molecule has 0 radical (unpaired) electrons. The van der Waals surface area contributed by atoms with Crippen LogP contribution in [0.4, 0.5) is 22.2 Å². The van der Waals surface area contributed by atoms with Crippen molar-refractivity contribution in [2.75, 3.05) is 10.6 Å². The molecule has 3 aromatic rings. The monoisotopic (exact) mass is 439 g/mol. The van der Waals surface area contributed by atoms with Gasteiger partial charge < -0.3 is 5.32 Å². The topological polar surface area (TPSA) is 140 Å². The maximum Gasteiger partial charge on any atom is 0.293 e. The predicted molar refractivity (Wildman–Crippen MR) is 117 cm³/mol. The van der Waals surface area contributed by atoms with Gasteiger partial charge in [0.15, 0.2) is 5.13 Å². The van der Waals surface area contributed by atoms with Crippen molar-refractivity contribution in [3.63, 3.8) is 0 Å². The summed E-state index contributed by atoms with van der Waals surface area (Å²) < 4.78 is 0. The molecule has 158 valence electrons. The lowest BCUT2D eigenvalue weighted by atomic mass is 10.1. The lowest BCUT2D eigenvalue weighted by molar-refractivity contribution is -0.385. The fourth-order valence-electron chi connectivity index (χ4n) is 2.99. The fourth-order valence-corrected chi connectivity index (χ4v) is 3.71. The van der Waals surface area contributed by atoms with Gasteiger partial charge in [0.1, 0.15) is 5.69 Å². The van der Waals surface area contributed by atoms with E-state index in [1.54, 1.807) is 24.4 Å². The van der Waals surface area contributed by atoms with Gasteiger partial charge in [-0.05, 0) is 31.9 Å². The number of benzene rings is 2. The van der Waals surface area contributed by atoms with Crippen LogP contribution in [0.5, 0.6) is 0 Å². The number of rotatable bonds is 7. The third-order valence-corrected chi connectivity index (χ3v) is 5.58. The number of anilines is 2. The second-order valence-corrected chi connectivity index (χ2v) is 8.02. The molecule has 1 heterocycles. The van der Waals surface area contributed by atoms with E-state index in [0.29, 0.717) is 22.5 Å². The molecule has 0 spiro atoms. The lowest BCUT2D eigenvalue weighted by Crippen LogP contribution is -2.13. The maximum atomic E-state index is 12.6. The Kier molecular flexibility index (Phi) is 5.34. The molecule has 1 aromatic heterocycles. The molecule has 0 unspecified atom stereocenters. The summed E-state index contributed by atoms with van der Waals surface area (Å²) in [6, 6.07) is 9.32. The number of amides is 1. The standard InChI is InChI=1S/C20H17N5O5S/c1-11-2-3-12(8-17(11)24(27)28)16-10-31-20(22-16)23-19(26)13-4-7-15(21-14-5-6-14)18(9-13)25(29)30/h2-4,7-10,14,21H,5-6H2,1H3,(H,22,23,26). The highest BCUT2D eigenvalue weighted by Crippen LogP contribution is 2.32. The van der Waals surface area contributed by atoms with E-state index in [4.69, 9.17) is 0 Å². The van der Waals surface area contributed by atoms with Crippen molar-refractivity contribution in [2.24, 2.45) is 0 Å². The zero-order chi connectivity index (χ0) is 22.1. The van der Waals surface area contributed by atoms with Crippen LogP contribution >= 0.6 is 11.3 Å². The molecule has 10 nitrogen and oxygen atoms in total. The highest BCUT2D eigenvalue weighted by Gasteiger charge is 2.25. The van der Waals surface area contributed by atoms with Crippen molar-refractivity contribution >= 4 is 39.4 Å². The van der Waals surface area contributed by atoms with Gasteiger partial charge in [0.05, 0.1) is 15.5 Å². The number of aryl methyl sites for hydroxylation is 1. The summed E-state index contributed by atoms with van der Waals surface area (Å²) in [5.74, 6) is -0.531. The van der Waals surface area contributed by atoms with Gasteiger partial charge in [-0.15, -0.1) is 11.3 Å². The van der Waals surface area contributed by atoms with Crippen LogP contribution in [0.15, 0.2) is 41.8 Å². The molecular weight excluding hydrogens is 422 g/mol. The van der Waals surface area contributed by atoms with Gasteiger partial charge in [0.25, 0.3) is 17.3 Å². The van der Waals surface area contributed by atoms with Crippen LogP contribution in [0.1, 0.15) is 28.8 Å². The lowest BCUT2D eigenvalue weighted by Gasteiger charge is -2.07. The average molecular weight is 439 g/mol. The van der Waals surface area contributed by atoms with Crippen molar-refractivity contribution in [3.05, 3.63) is 73.1 Å². The molecule has 0 atom stereocenters. The molecule has 2 aromatic carbocycles. The van der Waals surface area contributed by atoms with Gasteiger partial charge in [-0.3, -0.25) is 30.3 Å². The minimum Gasteiger partial charge on any atom is -0.377 e. The van der Waals surface area contributed by atoms with Crippen molar-refractivity contribution < 1.29 is 14.6 Å². The maximum absolute atomic E-state index is 12.6. The first-order valence-corrected chi connectivity index (χ1v) is 10.3. The molecule has 2 N–H and O–H groups in total. The average Bonchev–Trinajstić information content (AvgIpc) is 3.43. The van der Waals surface area contributed by atoms with E-state index in [1.807, 2.05) is 0 Å². The molecule has 11 heteroatoms. The van der Waals surface area contributed by atoms with E-state index >= 15 is 0 Å². The van der Waals surface area contributed by atoms with E-state index in [2.05, 4.69) is 15.6 Å². The van der Waals surface area contributed by atoms with Crippen molar-refractivity contribution in [2.45, 2.75) is 25.8 Å². The highest BCUT2D eigenvalue weighted by molar-refractivity contribution is 7.14. The number of nitro benzene ring substituents is 2. The third-order valence-electron chi connectivity index (χ3n) is 4.82. The number of nitrogens with one attached hydrogen (secondary N) is 2. The minimum absolute atomic E-state index is 0.0108. The van der Waals surface area contributed by atoms with Crippen LogP contribution in [-0.4, -0.2) is 26.8 Å². The van der Waals surface area contributed by atoms with E-state index < -0.39 is 15.8 Å². The smallest absolute Gasteiger partial charge is 0.293 e. The Morgan fingerprint density at radius 3 is 2.52 bits per heavy atom. The molecule has 1 aliphatic rings. The van der Waals surface area contributed by atoms with Gasteiger partial charge >= 0.3 is 0 Å². The number of nitrogens with zero attached hydrogens (tertiary/aromatic N) is 3. The molecule has 0 aliphatic heterocycles. The van der Waals surface area contributed by atoms with Crippen LogP contribution in [0.25, 0.3) is 11.3 Å². The number of carbonyl (C=O) groups excluding carboxylic acids is 1. The van der Waals surface area contributed by atoms with Crippen LogP contribution in [-0.2, 0) is 0 Å². The van der Waals surface area contributed by atoms with Crippen molar-refractivity contribution in [1.29, 1.82) is 0 Å². The zero-order valence-corrected chi connectivity index (χ0v) is 17.1. The number of carbonyl (C=O) groups is 1. The molecule has 0 saturated heterocycles. The summed E-state index contributed by atoms with van der Waals surface area (Å²) in [4.78, 5) is 38.5. The molecule has 1 aliphatic carbocycles. The zero-order valence-electron chi connectivity index (χ0n) is 16.3. The van der Waals surface area contributed by atoms with Crippen LogP contribution in [0, 0.1) is 27.2 Å². The molecule has 4 rings (SSSR count). The number of hydrogen-bond donors (Lipinski definition) is 2. The van der Waals surface area contributed by atoms with E-state index in [-0.39, 0.29) is 28.1 Å².